The van der Waals surface area contributed by atoms with Gasteiger partial charge in [0.05, 0.1) is 45.4 Å². The van der Waals surface area contributed by atoms with Gasteiger partial charge >= 0.3 is 5.97 Å². The molecule has 218 valence electrons. The third kappa shape index (κ3) is 6.16. The van der Waals surface area contributed by atoms with E-state index < -0.39 is 54.0 Å². The van der Waals surface area contributed by atoms with Crippen LogP contribution in [0.25, 0.3) is 0 Å². The Hall–Kier alpha value is -2.23. The second-order valence-electron chi connectivity index (χ2n) is 11.3. The standard InChI is InChI=1S/C28H32Cl3F2N3O4/c29-17-11-19(30)23(20(31)12-17)22(37)15-36(16-27(33)3-1-2-4-27)24(38)18(14-34)21(13-32)35-28-8-5-26(6-9-28,7-10-28)25(39)40/h11-12,14,34-35H,1-10,13,15-16H2,(H,39,40)/b21-18+,34-14?. The van der Waals surface area contributed by atoms with Crippen molar-refractivity contribution in [2.24, 2.45) is 5.41 Å². The van der Waals surface area contributed by atoms with Gasteiger partial charge in [-0.15, -0.1) is 0 Å². The molecule has 0 atom stereocenters. The van der Waals surface area contributed by atoms with Gasteiger partial charge in [0.25, 0.3) is 5.91 Å². The highest BCUT2D eigenvalue weighted by Gasteiger charge is 2.53. The van der Waals surface area contributed by atoms with Crippen LogP contribution in [-0.4, -0.2) is 64.9 Å². The predicted octanol–water partition coefficient (Wildman–Crippen LogP) is 6.58. The van der Waals surface area contributed by atoms with Gasteiger partial charge in [-0.05, 0) is 63.5 Å². The molecule has 0 spiro atoms. The highest BCUT2D eigenvalue weighted by Crippen LogP contribution is 2.52. The fourth-order valence-corrected chi connectivity index (χ4v) is 7.43. The van der Waals surface area contributed by atoms with E-state index in [4.69, 9.17) is 40.2 Å². The molecule has 4 aliphatic carbocycles. The van der Waals surface area contributed by atoms with Crippen molar-refractivity contribution >= 4 is 58.7 Å². The maximum absolute atomic E-state index is 15.6. The van der Waals surface area contributed by atoms with Crippen LogP contribution in [0.4, 0.5) is 8.78 Å². The molecule has 3 N–H and O–H groups in total. The van der Waals surface area contributed by atoms with Crippen LogP contribution in [0, 0.1) is 10.8 Å². The van der Waals surface area contributed by atoms with Crippen molar-refractivity contribution in [1.82, 2.24) is 10.2 Å². The fraction of sp³-hybridized carbons (Fsp3) is 0.571. The van der Waals surface area contributed by atoms with Gasteiger partial charge in [-0.25, -0.2) is 8.78 Å². The Bertz CT molecular complexity index is 1200. The maximum atomic E-state index is 15.6. The summed E-state index contributed by atoms with van der Waals surface area (Å²) >= 11 is 18.4. The van der Waals surface area contributed by atoms with Gasteiger partial charge in [0.2, 0.25) is 0 Å². The van der Waals surface area contributed by atoms with Gasteiger partial charge in [-0.3, -0.25) is 14.4 Å². The normalized spacial score (nSPS) is 25.7. The topological polar surface area (TPSA) is 111 Å². The van der Waals surface area contributed by atoms with E-state index in [1.165, 1.54) is 12.1 Å². The van der Waals surface area contributed by atoms with Crippen LogP contribution in [0.15, 0.2) is 23.4 Å². The van der Waals surface area contributed by atoms with Crippen molar-refractivity contribution in [1.29, 1.82) is 5.41 Å². The van der Waals surface area contributed by atoms with E-state index in [-0.39, 0.29) is 44.7 Å². The van der Waals surface area contributed by atoms with Gasteiger partial charge in [-0.2, -0.15) is 0 Å². The zero-order chi connectivity index (χ0) is 29.3. The molecule has 1 amide bonds. The number of Topliss-reactive ketones (excluding diaryl/α,β-unsaturated/α-hetero) is 1. The summed E-state index contributed by atoms with van der Waals surface area (Å²) in [5, 5.41) is 21.0. The number of aliphatic carboxylic acids is 1. The first-order valence-electron chi connectivity index (χ1n) is 13.3. The number of nitrogens with zero attached hydrogens (tertiary/aromatic N) is 1. The summed E-state index contributed by atoms with van der Waals surface area (Å²) in [7, 11) is 0. The molecule has 0 unspecified atom stereocenters. The molecule has 4 saturated carbocycles. The Labute approximate surface area is 246 Å². The lowest BCUT2D eigenvalue weighted by Crippen LogP contribution is -2.57. The summed E-state index contributed by atoms with van der Waals surface area (Å²) < 4.78 is 30.1. The molecule has 1 aromatic rings. The SMILES string of the molecule is N=C/C(C(=O)N(CC(=O)c1c(Cl)cc(Cl)cc1Cl)CC1(F)CCCC1)=C(/CF)NC12CCC(C(=O)O)(CC1)CC2. The number of hydrogen-bond donors (Lipinski definition) is 3. The van der Waals surface area contributed by atoms with E-state index in [0.717, 1.165) is 4.90 Å². The smallest absolute Gasteiger partial charge is 0.309 e. The third-order valence-electron chi connectivity index (χ3n) is 8.83. The summed E-state index contributed by atoms with van der Waals surface area (Å²) in [5.74, 6) is -2.34. The molecule has 5 rings (SSSR count). The second kappa shape index (κ2) is 11.9. The molecule has 0 aromatic heterocycles. The molecule has 0 heterocycles. The van der Waals surface area contributed by atoms with Crippen LogP contribution in [0.2, 0.25) is 15.1 Å². The van der Waals surface area contributed by atoms with Crippen molar-refractivity contribution < 1.29 is 28.3 Å². The number of ketones is 1. The number of allylic oxidation sites excluding steroid dienone is 1. The summed E-state index contributed by atoms with van der Waals surface area (Å²) in [4.78, 5) is 39.9. The Kier molecular flexibility index (Phi) is 9.17. The molecule has 12 heteroatoms. The molecule has 7 nitrogen and oxygen atoms in total. The molecule has 4 fully saturated rings. The van der Waals surface area contributed by atoms with Crippen LogP contribution in [0.1, 0.15) is 74.6 Å². The first kappa shape index (κ1) is 30.7. The second-order valence-corrected chi connectivity index (χ2v) is 12.6. The van der Waals surface area contributed by atoms with E-state index >= 15 is 4.39 Å². The number of benzene rings is 1. The minimum absolute atomic E-state index is 0.0224. The number of carbonyl (C=O) groups excluding carboxylic acids is 2. The number of nitrogens with one attached hydrogen (secondary N) is 2. The van der Waals surface area contributed by atoms with Crippen molar-refractivity contribution in [3.63, 3.8) is 0 Å². The third-order valence-corrected chi connectivity index (χ3v) is 9.65. The Morgan fingerprint density at radius 1 is 1.00 bits per heavy atom. The van der Waals surface area contributed by atoms with E-state index in [9.17, 15) is 23.9 Å². The number of fused-ring (bicyclic) bond motifs is 3. The number of carboxylic acids is 1. The van der Waals surface area contributed by atoms with Crippen molar-refractivity contribution in [3.05, 3.63) is 44.0 Å². The summed E-state index contributed by atoms with van der Waals surface area (Å²) in [6.45, 7) is -2.10. The number of carbonyl (C=O) groups is 3. The molecule has 2 bridgehead atoms. The van der Waals surface area contributed by atoms with Crippen molar-refractivity contribution in [3.8, 4) is 0 Å². The number of carboxylic acid groups (broad SMARTS) is 1. The van der Waals surface area contributed by atoms with E-state index in [0.29, 0.717) is 57.6 Å². The summed E-state index contributed by atoms with van der Waals surface area (Å²) in [6.07, 6.45) is 5.11. The number of rotatable bonds is 11. The molecule has 4 aliphatic rings. The lowest BCUT2D eigenvalue weighted by Gasteiger charge is -2.52. The fourth-order valence-electron chi connectivity index (χ4n) is 6.40. The molecule has 0 saturated heterocycles. The van der Waals surface area contributed by atoms with Gasteiger partial charge in [0.15, 0.2) is 5.78 Å². The summed E-state index contributed by atoms with van der Waals surface area (Å²) in [5.41, 5.74) is -3.64. The Morgan fingerprint density at radius 3 is 2.02 bits per heavy atom. The zero-order valence-corrected chi connectivity index (χ0v) is 24.2. The van der Waals surface area contributed by atoms with E-state index in [1.807, 2.05) is 0 Å². The summed E-state index contributed by atoms with van der Waals surface area (Å²) in [6, 6.07) is 2.67. The quantitative estimate of drug-likeness (QED) is 0.147. The largest absolute Gasteiger partial charge is 0.481 e. The number of halogens is 5. The Balaban J connectivity index is 1.63. The highest BCUT2D eigenvalue weighted by molar-refractivity contribution is 6.42. The van der Waals surface area contributed by atoms with Gasteiger partial charge in [0.1, 0.15) is 12.3 Å². The number of alkyl halides is 2. The van der Waals surface area contributed by atoms with E-state index in [2.05, 4.69) is 5.32 Å². The Morgan fingerprint density at radius 2 is 1.55 bits per heavy atom. The molecule has 0 aliphatic heterocycles. The lowest BCUT2D eigenvalue weighted by molar-refractivity contribution is -0.156. The minimum atomic E-state index is -1.73. The van der Waals surface area contributed by atoms with Crippen LogP contribution < -0.4 is 5.32 Å². The van der Waals surface area contributed by atoms with Crippen LogP contribution in [-0.2, 0) is 9.59 Å². The van der Waals surface area contributed by atoms with Crippen molar-refractivity contribution in [2.75, 3.05) is 19.8 Å². The van der Waals surface area contributed by atoms with Crippen LogP contribution in [0.3, 0.4) is 0 Å². The minimum Gasteiger partial charge on any atom is -0.481 e. The maximum Gasteiger partial charge on any atom is 0.309 e. The highest BCUT2D eigenvalue weighted by atomic mass is 35.5. The average Bonchev–Trinajstić information content (AvgIpc) is 3.34. The predicted molar refractivity (Wildman–Crippen MR) is 150 cm³/mol. The number of amides is 1. The van der Waals surface area contributed by atoms with Crippen molar-refractivity contribution in [2.45, 2.75) is 75.4 Å². The molecular weight excluding hydrogens is 587 g/mol. The first-order valence-corrected chi connectivity index (χ1v) is 14.5. The first-order chi connectivity index (χ1) is 18.9. The monoisotopic (exact) mass is 617 g/mol. The average molecular weight is 619 g/mol. The van der Waals surface area contributed by atoms with Crippen LogP contribution >= 0.6 is 34.8 Å². The molecule has 1 aromatic carbocycles. The molecular formula is C28H32Cl3F2N3O4. The van der Waals surface area contributed by atoms with Gasteiger partial charge in [-0.1, -0.05) is 47.6 Å². The van der Waals surface area contributed by atoms with E-state index in [1.54, 1.807) is 0 Å². The van der Waals surface area contributed by atoms with Gasteiger partial charge < -0.3 is 20.7 Å². The lowest BCUT2D eigenvalue weighted by atomic mass is 9.57. The van der Waals surface area contributed by atoms with Crippen LogP contribution in [0.5, 0.6) is 0 Å². The number of hydrogen-bond acceptors (Lipinski definition) is 5. The molecule has 40 heavy (non-hydrogen) atoms. The van der Waals surface area contributed by atoms with Gasteiger partial charge in [0, 0.05) is 16.8 Å². The zero-order valence-electron chi connectivity index (χ0n) is 21.9. The molecule has 0 radical (unpaired) electrons.